The van der Waals surface area contributed by atoms with Crippen LogP contribution in [0.5, 0.6) is 0 Å². The highest BCUT2D eigenvalue weighted by molar-refractivity contribution is 5.21. The van der Waals surface area contributed by atoms with Crippen LogP contribution in [0, 0.1) is 6.92 Å². The summed E-state index contributed by atoms with van der Waals surface area (Å²) in [7, 11) is 1.82. The molecule has 0 bridgehead atoms. The van der Waals surface area contributed by atoms with Crippen LogP contribution in [0.15, 0.2) is 24.3 Å². The van der Waals surface area contributed by atoms with Crippen LogP contribution in [0.3, 0.4) is 0 Å². The van der Waals surface area contributed by atoms with Crippen molar-refractivity contribution in [3.8, 4) is 0 Å². The Morgan fingerprint density at radius 2 is 2.06 bits per heavy atom. The van der Waals surface area contributed by atoms with E-state index < -0.39 is 0 Å². The zero-order valence-electron chi connectivity index (χ0n) is 10.3. The van der Waals surface area contributed by atoms with Crippen LogP contribution in [0.4, 0.5) is 0 Å². The minimum atomic E-state index is 0.430. The van der Waals surface area contributed by atoms with Gasteiger partial charge < -0.3 is 4.74 Å². The first kappa shape index (κ1) is 11.6. The average molecular weight is 219 g/mol. The third-order valence-corrected chi connectivity index (χ3v) is 3.32. The maximum Gasteiger partial charge on any atom is 0.0698 e. The van der Waals surface area contributed by atoms with Crippen molar-refractivity contribution in [1.82, 2.24) is 4.90 Å². The summed E-state index contributed by atoms with van der Waals surface area (Å²) in [4.78, 5) is 2.49. The van der Waals surface area contributed by atoms with Gasteiger partial charge in [-0.3, -0.25) is 4.90 Å². The summed E-state index contributed by atoms with van der Waals surface area (Å²) < 4.78 is 5.44. The van der Waals surface area contributed by atoms with Gasteiger partial charge in [0.2, 0.25) is 0 Å². The molecule has 16 heavy (non-hydrogen) atoms. The molecule has 1 aliphatic heterocycles. The van der Waals surface area contributed by atoms with E-state index in [1.165, 1.54) is 30.5 Å². The van der Waals surface area contributed by atoms with Crippen molar-refractivity contribution >= 4 is 0 Å². The zero-order chi connectivity index (χ0) is 11.4. The van der Waals surface area contributed by atoms with Gasteiger partial charge in [-0.05, 0) is 31.9 Å². The molecule has 0 aliphatic carbocycles. The van der Waals surface area contributed by atoms with Gasteiger partial charge in [-0.25, -0.2) is 0 Å². The molecule has 1 aromatic carbocycles. The Balaban J connectivity index is 1.91. The standard InChI is InChI=1S/C14H21NO/c1-12-5-7-13(8-6-12)10-15-9-3-4-14(11-15)16-2/h5-8,14H,3-4,9-11H2,1-2H3. The molecule has 2 rings (SSSR count). The fourth-order valence-electron chi connectivity index (χ4n) is 2.30. The van der Waals surface area contributed by atoms with E-state index in [-0.39, 0.29) is 0 Å². The summed E-state index contributed by atoms with van der Waals surface area (Å²) in [6.45, 7) is 5.46. The monoisotopic (exact) mass is 219 g/mol. The number of rotatable bonds is 3. The molecular formula is C14H21NO. The van der Waals surface area contributed by atoms with Gasteiger partial charge in [-0.15, -0.1) is 0 Å². The van der Waals surface area contributed by atoms with Gasteiger partial charge in [-0.2, -0.15) is 0 Å². The van der Waals surface area contributed by atoms with E-state index in [1.54, 1.807) is 0 Å². The fraction of sp³-hybridized carbons (Fsp3) is 0.571. The Labute approximate surface area is 98.2 Å². The van der Waals surface area contributed by atoms with Crippen LogP contribution in [-0.4, -0.2) is 31.2 Å². The second-order valence-corrected chi connectivity index (χ2v) is 4.72. The molecule has 1 atom stereocenters. The Kier molecular flexibility index (Phi) is 3.97. The first-order chi connectivity index (χ1) is 7.78. The molecule has 0 amide bonds. The van der Waals surface area contributed by atoms with Crippen LogP contribution in [0.2, 0.25) is 0 Å². The first-order valence-corrected chi connectivity index (χ1v) is 6.08. The fourth-order valence-corrected chi connectivity index (χ4v) is 2.30. The van der Waals surface area contributed by atoms with E-state index >= 15 is 0 Å². The Bertz CT molecular complexity index is 320. The van der Waals surface area contributed by atoms with Crippen LogP contribution >= 0.6 is 0 Å². The second kappa shape index (κ2) is 5.46. The highest BCUT2D eigenvalue weighted by atomic mass is 16.5. The van der Waals surface area contributed by atoms with Gasteiger partial charge in [-0.1, -0.05) is 29.8 Å². The van der Waals surface area contributed by atoms with Gasteiger partial charge in [0.05, 0.1) is 6.10 Å². The minimum Gasteiger partial charge on any atom is -0.380 e. The van der Waals surface area contributed by atoms with Gasteiger partial charge in [0.1, 0.15) is 0 Å². The molecule has 1 saturated heterocycles. The predicted molar refractivity (Wildman–Crippen MR) is 66.5 cm³/mol. The number of hydrogen-bond acceptors (Lipinski definition) is 2. The molecule has 0 aromatic heterocycles. The molecule has 0 N–H and O–H groups in total. The molecule has 1 fully saturated rings. The Morgan fingerprint density at radius 1 is 1.31 bits per heavy atom. The molecule has 1 heterocycles. The molecule has 1 aliphatic rings. The van der Waals surface area contributed by atoms with Gasteiger partial charge in [0.25, 0.3) is 0 Å². The van der Waals surface area contributed by atoms with E-state index in [0.29, 0.717) is 6.10 Å². The molecular weight excluding hydrogens is 198 g/mol. The van der Waals surface area contributed by atoms with Crippen molar-refractivity contribution < 1.29 is 4.74 Å². The third kappa shape index (κ3) is 3.06. The van der Waals surface area contributed by atoms with Crippen LogP contribution in [0.1, 0.15) is 24.0 Å². The molecule has 88 valence electrons. The van der Waals surface area contributed by atoms with E-state index in [0.717, 1.165) is 13.1 Å². The first-order valence-electron chi connectivity index (χ1n) is 6.08. The van der Waals surface area contributed by atoms with Crippen molar-refractivity contribution in [3.05, 3.63) is 35.4 Å². The third-order valence-electron chi connectivity index (χ3n) is 3.32. The summed E-state index contributed by atoms with van der Waals surface area (Å²) in [6, 6.07) is 8.83. The molecule has 0 saturated carbocycles. The zero-order valence-corrected chi connectivity index (χ0v) is 10.3. The molecule has 0 radical (unpaired) electrons. The van der Waals surface area contributed by atoms with Crippen LogP contribution in [-0.2, 0) is 11.3 Å². The summed E-state index contributed by atoms with van der Waals surface area (Å²) in [5.41, 5.74) is 2.74. The van der Waals surface area contributed by atoms with Crippen molar-refractivity contribution in [2.24, 2.45) is 0 Å². The van der Waals surface area contributed by atoms with Crippen molar-refractivity contribution in [1.29, 1.82) is 0 Å². The average Bonchev–Trinajstić information content (AvgIpc) is 2.32. The SMILES string of the molecule is COC1CCCN(Cc2ccc(C)cc2)C1. The van der Waals surface area contributed by atoms with E-state index in [2.05, 4.69) is 36.1 Å². The number of hydrogen-bond donors (Lipinski definition) is 0. The summed E-state index contributed by atoms with van der Waals surface area (Å²) >= 11 is 0. The molecule has 1 unspecified atom stereocenters. The lowest BCUT2D eigenvalue weighted by Crippen LogP contribution is -2.38. The summed E-state index contributed by atoms with van der Waals surface area (Å²) in [5.74, 6) is 0. The number of piperidine rings is 1. The van der Waals surface area contributed by atoms with Gasteiger partial charge in [0, 0.05) is 20.2 Å². The van der Waals surface area contributed by atoms with E-state index in [9.17, 15) is 0 Å². The highest BCUT2D eigenvalue weighted by Gasteiger charge is 2.18. The smallest absolute Gasteiger partial charge is 0.0698 e. The number of nitrogens with zero attached hydrogens (tertiary/aromatic N) is 1. The molecule has 0 spiro atoms. The summed E-state index contributed by atoms with van der Waals surface area (Å²) in [5, 5.41) is 0. The number of aryl methyl sites for hydroxylation is 1. The van der Waals surface area contributed by atoms with Gasteiger partial charge in [0.15, 0.2) is 0 Å². The molecule has 1 aromatic rings. The lowest BCUT2D eigenvalue weighted by molar-refractivity contribution is 0.0285. The summed E-state index contributed by atoms with van der Waals surface area (Å²) in [6.07, 6.45) is 2.89. The molecule has 2 nitrogen and oxygen atoms in total. The second-order valence-electron chi connectivity index (χ2n) is 4.72. The highest BCUT2D eigenvalue weighted by Crippen LogP contribution is 2.15. The normalized spacial score (nSPS) is 22.2. The number of benzene rings is 1. The van der Waals surface area contributed by atoms with Gasteiger partial charge >= 0.3 is 0 Å². The quantitative estimate of drug-likeness (QED) is 0.775. The van der Waals surface area contributed by atoms with E-state index in [1.807, 2.05) is 7.11 Å². The lowest BCUT2D eigenvalue weighted by Gasteiger charge is -2.31. The predicted octanol–water partition coefficient (Wildman–Crippen LogP) is 2.61. The Hall–Kier alpha value is -0.860. The van der Waals surface area contributed by atoms with Crippen LogP contribution < -0.4 is 0 Å². The maximum atomic E-state index is 5.44. The lowest BCUT2D eigenvalue weighted by atomic mass is 10.1. The number of methoxy groups -OCH3 is 1. The molecule has 2 heteroatoms. The van der Waals surface area contributed by atoms with E-state index in [4.69, 9.17) is 4.74 Å². The Morgan fingerprint density at radius 3 is 2.75 bits per heavy atom. The minimum absolute atomic E-state index is 0.430. The number of likely N-dealkylation sites (tertiary alicyclic amines) is 1. The van der Waals surface area contributed by atoms with Crippen LogP contribution in [0.25, 0.3) is 0 Å². The number of ether oxygens (including phenoxy) is 1. The largest absolute Gasteiger partial charge is 0.380 e. The van der Waals surface area contributed by atoms with Crippen molar-refractivity contribution in [3.63, 3.8) is 0 Å². The topological polar surface area (TPSA) is 12.5 Å². The van der Waals surface area contributed by atoms with Crippen molar-refractivity contribution in [2.45, 2.75) is 32.4 Å². The van der Waals surface area contributed by atoms with Crippen molar-refractivity contribution in [2.75, 3.05) is 20.2 Å². The maximum absolute atomic E-state index is 5.44.